The van der Waals surface area contributed by atoms with Gasteiger partial charge in [0.05, 0.1) is 6.20 Å². The zero-order chi connectivity index (χ0) is 15.1. The second kappa shape index (κ2) is 4.73. The molecule has 1 N–H and O–H groups in total. The maximum absolute atomic E-state index is 11.3. The maximum atomic E-state index is 11.3. The molecule has 0 atom stereocenters. The number of carbonyl (C=O) groups is 1. The summed E-state index contributed by atoms with van der Waals surface area (Å²) < 4.78 is 3.49. The van der Waals surface area contributed by atoms with Crippen molar-refractivity contribution < 1.29 is 9.90 Å². The van der Waals surface area contributed by atoms with Crippen molar-refractivity contribution in [2.45, 2.75) is 6.54 Å². The molecule has 0 unspecified atom stereocenters. The first kappa shape index (κ1) is 12.6. The minimum atomic E-state index is -0.964. The Morgan fingerprint density at radius 3 is 2.73 bits per heavy atom. The van der Waals surface area contributed by atoms with Gasteiger partial charge in [0.15, 0.2) is 5.65 Å². The van der Waals surface area contributed by atoms with Crippen molar-refractivity contribution in [2.75, 3.05) is 0 Å². The number of hydrogen-bond donors (Lipinski definition) is 1. The van der Waals surface area contributed by atoms with Crippen LogP contribution in [0.2, 0.25) is 0 Å². The first-order valence-corrected chi connectivity index (χ1v) is 6.96. The van der Waals surface area contributed by atoms with E-state index in [1.54, 1.807) is 10.7 Å². The average Bonchev–Trinajstić information content (AvgIpc) is 3.10. The molecule has 4 rings (SSSR count). The summed E-state index contributed by atoms with van der Waals surface area (Å²) in [5.74, 6) is -0.964. The number of aromatic carboxylic acids is 1. The molecule has 0 saturated carbocycles. The Labute approximate surface area is 126 Å². The fraction of sp³-hybridized carbons (Fsp3) is 0.0588. The van der Waals surface area contributed by atoms with Gasteiger partial charge in [-0.2, -0.15) is 5.10 Å². The van der Waals surface area contributed by atoms with Crippen molar-refractivity contribution in [2.24, 2.45) is 0 Å². The van der Waals surface area contributed by atoms with Crippen LogP contribution in [0, 0.1) is 0 Å². The fourth-order valence-electron chi connectivity index (χ4n) is 2.78. The Balaban J connectivity index is 1.78. The molecular formula is C17H13N3O2. The molecule has 0 radical (unpaired) electrons. The highest BCUT2D eigenvalue weighted by molar-refractivity contribution is 5.94. The van der Waals surface area contributed by atoms with Gasteiger partial charge in [0.1, 0.15) is 5.56 Å². The van der Waals surface area contributed by atoms with Crippen LogP contribution in [0.5, 0.6) is 0 Å². The minimum absolute atomic E-state index is 0.214. The molecule has 4 aromatic rings. The van der Waals surface area contributed by atoms with Crippen molar-refractivity contribution in [1.29, 1.82) is 0 Å². The molecule has 2 aromatic heterocycles. The standard InChI is InChI=1S/C17H13N3O2/c21-17(22)15-10-18-20-8-7-19(16(15)20)11-12-5-6-13-3-1-2-4-14(13)9-12/h1-10H,11H2,(H,21,22). The fourth-order valence-corrected chi connectivity index (χ4v) is 2.78. The zero-order valence-corrected chi connectivity index (χ0v) is 11.7. The highest BCUT2D eigenvalue weighted by Crippen LogP contribution is 2.18. The van der Waals surface area contributed by atoms with E-state index in [1.807, 2.05) is 22.9 Å². The lowest BCUT2D eigenvalue weighted by molar-refractivity contribution is 0.0698. The molecule has 0 amide bonds. The van der Waals surface area contributed by atoms with Crippen LogP contribution in [0.1, 0.15) is 15.9 Å². The third-order valence-corrected chi connectivity index (χ3v) is 3.83. The van der Waals surface area contributed by atoms with Crippen LogP contribution >= 0.6 is 0 Å². The van der Waals surface area contributed by atoms with Gasteiger partial charge in [0.25, 0.3) is 0 Å². The lowest BCUT2D eigenvalue weighted by atomic mass is 10.1. The summed E-state index contributed by atoms with van der Waals surface area (Å²) in [4.78, 5) is 11.3. The zero-order valence-electron chi connectivity index (χ0n) is 11.7. The van der Waals surface area contributed by atoms with E-state index in [0.717, 1.165) is 5.56 Å². The van der Waals surface area contributed by atoms with Crippen molar-refractivity contribution >= 4 is 22.4 Å². The van der Waals surface area contributed by atoms with Crippen LogP contribution in [0.25, 0.3) is 16.4 Å². The molecule has 0 aliphatic heterocycles. The highest BCUT2D eigenvalue weighted by Gasteiger charge is 2.15. The average molecular weight is 291 g/mol. The Kier molecular flexibility index (Phi) is 2.72. The summed E-state index contributed by atoms with van der Waals surface area (Å²) in [5.41, 5.74) is 1.93. The summed E-state index contributed by atoms with van der Waals surface area (Å²) in [6, 6.07) is 14.5. The van der Waals surface area contributed by atoms with Crippen molar-refractivity contribution in [3.63, 3.8) is 0 Å². The Bertz CT molecular complexity index is 997. The molecular weight excluding hydrogens is 278 g/mol. The molecule has 0 saturated heterocycles. The second-order valence-corrected chi connectivity index (χ2v) is 5.24. The first-order valence-electron chi connectivity index (χ1n) is 6.96. The molecule has 0 aliphatic rings. The molecule has 2 aromatic carbocycles. The van der Waals surface area contributed by atoms with E-state index in [9.17, 15) is 9.90 Å². The third-order valence-electron chi connectivity index (χ3n) is 3.83. The summed E-state index contributed by atoms with van der Waals surface area (Å²) in [5, 5.41) is 15.7. The Morgan fingerprint density at radius 1 is 1.09 bits per heavy atom. The number of nitrogens with zero attached hydrogens (tertiary/aromatic N) is 3. The van der Waals surface area contributed by atoms with Gasteiger partial charge < -0.3 is 9.67 Å². The maximum Gasteiger partial charge on any atom is 0.341 e. The smallest absolute Gasteiger partial charge is 0.341 e. The number of benzene rings is 2. The van der Waals surface area contributed by atoms with Gasteiger partial charge in [-0.15, -0.1) is 0 Å². The number of carboxylic acids is 1. The van der Waals surface area contributed by atoms with Gasteiger partial charge >= 0.3 is 5.97 Å². The van der Waals surface area contributed by atoms with Gasteiger partial charge in [-0.1, -0.05) is 36.4 Å². The van der Waals surface area contributed by atoms with Crippen LogP contribution < -0.4 is 0 Å². The van der Waals surface area contributed by atoms with Gasteiger partial charge in [-0.05, 0) is 22.4 Å². The van der Waals surface area contributed by atoms with E-state index in [-0.39, 0.29) is 5.56 Å². The molecule has 2 heterocycles. The number of aromatic nitrogens is 3. The number of rotatable bonds is 3. The topological polar surface area (TPSA) is 59.5 Å². The molecule has 5 heteroatoms. The van der Waals surface area contributed by atoms with Gasteiger partial charge in [-0.3, -0.25) is 0 Å². The van der Waals surface area contributed by atoms with Gasteiger partial charge in [-0.25, -0.2) is 9.31 Å². The van der Waals surface area contributed by atoms with Crippen molar-refractivity contribution in [3.8, 4) is 0 Å². The van der Waals surface area contributed by atoms with Crippen molar-refractivity contribution in [3.05, 3.63) is 72.2 Å². The van der Waals surface area contributed by atoms with Crippen LogP contribution in [0.3, 0.4) is 0 Å². The Morgan fingerprint density at radius 2 is 1.91 bits per heavy atom. The van der Waals surface area contributed by atoms with Gasteiger partial charge in [0.2, 0.25) is 0 Å². The summed E-state index contributed by atoms with van der Waals surface area (Å²) in [6.07, 6.45) is 5.00. The summed E-state index contributed by atoms with van der Waals surface area (Å²) in [7, 11) is 0. The van der Waals surface area contributed by atoms with E-state index in [0.29, 0.717) is 12.2 Å². The lowest BCUT2D eigenvalue weighted by Crippen LogP contribution is -2.03. The van der Waals surface area contributed by atoms with Crippen LogP contribution in [-0.4, -0.2) is 25.3 Å². The molecule has 22 heavy (non-hydrogen) atoms. The van der Waals surface area contributed by atoms with Crippen LogP contribution in [-0.2, 0) is 6.54 Å². The van der Waals surface area contributed by atoms with E-state index in [2.05, 4.69) is 35.4 Å². The van der Waals surface area contributed by atoms with Crippen LogP contribution in [0.15, 0.2) is 61.1 Å². The quantitative estimate of drug-likeness (QED) is 0.631. The molecule has 5 nitrogen and oxygen atoms in total. The molecule has 0 fully saturated rings. The van der Waals surface area contributed by atoms with Gasteiger partial charge in [0, 0.05) is 18.9 Å². The van der Waals surface area contributed by atoms with E-state index in [4.69, 9.17) is 0 Å². The number of carboxylic acid groups (broad SMARTS) is 1. The minimum Gasteiger partial charge on any atom is -0.477 e. The lowest BCUT2D eigenvalue weighted by Gasteiger charge is -2.06. The molecule has 0 bridgehead atoms. The van der Waals surface area contributed by atoms with E-state index in [1.165, 1.54) is 17.0 Å². The molecule has 108 valence electrons. The summed E-state index contributed by atoms with van der Waals surface area (Å²) >= 11 is 0. The number of hydrogen-bond acceptors (Lipinski definition) is 2. The normalized spacial score (nSPS) is 11.3. The number of imidazole rings is 1. The van der Waals surface area contributed by atoms with Crippen LogP contribution in [0.4, 0.5) is 0 Å². The second-order valence-electron chi connectivity index (χ2n) is 5.24. The van der Waals surface area contributed by atoms with Crippen molar-refractivity contribution in [1.82, 2.24) is 14.2 Å². The van der Waals surface area contributed by atoms with E-state index >= 15 is 0 Å². The highest BCUT2D eigenvalue weighted by atomic mass is 16.4. The predicted molar refractivity (Wildman–Crippen MR) is 83.2 cm³/mol. The molecule has 0 aliphatic carbocycles. The summed E-state index contributed by atoms with van der Waals surface area (Å²) in [6.45, 7) is 0.604. The Hall–Kier alpha value is -3.08. The monoisotopic (exact) mass is 291 g/mol. The predicted octanol–water partition coefficient (Wildman–Crippen LogP) is 3.04. The van der Waals surface area contributed by atoms with E-state index < -0.39 is 5.97 Å². The SMILES string of the molecule is O=C(O)c1cnn2ccn(Cc3ccc4ccccc4c3)c12. The number of fused-ring (bicyclic) bond motifs is 2. The third kappa shape index (κ3) is 1.95. The molecule has 0 spiro atoms. The first-order chi connectivity index (χ1) is 10.7. The largest absolute Gasteiger partial charge is 0.477 e.